The number of methoxy groups -OCH3 is 1. The van der Waals surface area contributed by atoms with Gasteiger partial charge in [0.15, 0.2) is 0 Å². The highest BCUT2D eigenvalue weighted by Gasteiger charge is 2.02. The molecule has 14 heavy (non-hydrogen) atoms. The van der Waals surface area contributed by atoms with Crippen LogP contribution in [0.5, 0.6) is 5.75 Å². The fourth-order valence-electron chi connectivity index (χ4n) is 1.43. The maximum atomic E-state index is 11.1. The van der Waals surface area contributed by atoms with E-state index < -0.39 is 0 Å². The molecule has 0 aliphatic carbocycles. The van der Waals surface area contributed by atoms with Gasteiger partial charge in [0, 0.05) is 17.5 Å². The highest BCUT2D eigenvalue weighted by atomic mass is 16.5. The Hall–Kier alpha value is -1.77. The molecule has 0 radical (unpaired) electrons. The van der Waals surface area contributed by atoms with Crippen LogP contribution in [-0.4, -0.2) is 7.11 Å². The zero-order valence-corrected chi connectivity index (χ0v) is 8.03. The first kappa shape index (κ1) is 8.81. The molecule has 0 aliphatic rings. The van der Waals surface area contributed by atoms with Crippen molar-refractivity contribution in [1.29, 1.82) is 0 Å². The molecule has 0 saturated carbocycles. The van der Waals surface area contributed by atoms with Gasteiger partial charge < -0.3 is 9.15 Å². The molecule has 72 valence electrons. The molecule has 2 aromatic rings. The Morgan fingerprint density at radius 2 is 2.07 bits per heavy atom. The van der Waals surface area contributed by atoms with Crippen molar-refractivity contribution in [3.05, 3.63) is 40.2 Å². The molecule has 0 atom stereocenters. The quantitative estimate of drug-likeness (QED) is 0.513. The van der Waals surface area contributed by atoms with Crippen LogP contribution in [0.3, 0.4) is 0 Å². The van der Waals surface area contributed by atoms with Crippen LogP contribution in [0.1, 0.15) is 5.56 Å². The van der Waals surface area contributed by atoms with Crippen molar-refractivity contribution < 1.29 is 9.15 Å². The number of fused-ring (bicyclic) bond motifs is 1. The number of hydrogen-bond donors (Lipinski definition) is 0. The van der Waals surface area contributed by atoms with Crippen LogP contribution in [0.4, 0.5) is 0 Å². The van der Waals surface area contributed by atoms with Gasteiger partial charge in [-0.25, -0.2) is 4.79 Å². The Bertz CT molecular complexity index is 526. The molecule has 1 heterocycles. The molecular weight excluding hydrogens is 182 g/mol. The molecule has 0 aliphatic heterocycles. The molecule has 0 spiro atoms. The fourth-order valence-corrected chi connectivity index (χ4v) is 1.43. The minimum Gasteiger partial charge on any atom is -0.497 e. The van der Waals surface area contributed by atoms with Gasteiger partial charge in [0.25, 0.3) is 0 Å². The molecule has 0 amide bonds. The second-order valence-electron chi connectivity index (χ2n) is 3.11. The van der Waals surface area contributed by atoms with Gasteiger partial charge in [-0.2, -0.15) is 0 Å². The lowest BCUT2D eigenvalue weighted by Crippen LogP contribution is -1.97. The summed E-state index contributed by atoms with van der Waals surface area (Å²) in [7, 11) is 1.58. The third-order valence-electron chi connectivity index (χ3n) is 2.16. The summed E-state index contributed by atoms with van der Waals surface area (Å²) in [6.45, 7) is 1.88. The molecule has 1 aromatic carbocycles. The molecule has 0 unspecified atom stereocenters. The van der Waals surface area contributed by atoms with E-state index in [1.165, 1.54) is 6.07 Å². The SMILES string of the molecule is COc1ccc2c(c1)oc(=O)c[13c]2[13CH3]. The number of benzene rings is 1. The normalized spacial score (nSPS) is 10.4. The summed E-state index contributed by atoms with van der Waals surface area (Å²) < 4.78 is 10.1. The molecule has 0 N–H and O–H groups in total. The van der Waals surface area contributed by atoms with Crippen LogP contribution < -0.4 is 10.4 Å². The summed E-state index contributed by atoms with van der Waals surface area (Å²) in [5.74, 6) is 0.686. The van der Waals surface area contributed by atoms with E-state index >= 15 is 0 Å². The van der Waals surface area contributed by atoms with E-state index in [0.717, 1.165) is 10.9 Å². The van der Waals surface area contributed by atoms with Crippen molar-refractivity contribution in [2.75, 3.05) is 7.11 Å². The monoisotopic (exact) mass is 192 g/mol. The third-order valence-corrected chi connectivity index (χ3v) is 2.16. The van der Waals surface area contributed by atoms with Gasteiger partial charge in [0.2, 0.25) is 0 Å². The van der Waals surface area contributed by atoms with E-state index in [0.29, 0.717) is 11.3 Å². The third kappa shape index (κ3) is 1.37. The first-order valence-electron chi connectivity index (χ1n) is 4.29. The zero-order valence-electron chi connectivity index (χ0n) is 8.03. The molecule has 0 bridgehead atoms. The van der Waals surface area contributed by atoms with Gasteiger partial charge in [-0.05, 0) is 24.6 Å². The van der Waals surface area contributed by atoms with Gasteiger partial charge in [0.1, 0.15) is 11.3 Å². The van der Waals surface area contributed by atoms with Crippen molar-refractivity contribution in [2.45, 2.75) is 6.92 Å². The van der Waals surface area contributed by atoms with Crippen LogP contribution in [0.2, 0.25) is 0 Å². The average Bonchev–Trinajstić information content (AvgIpc) is 2.16. The molecule has 0 saturated heterocycles. The van der Waals surface area contributed by atoms with Gasteiger partial charge in [-0.15, -0.1) is 0 Å². The minimum absolute atomic E-state index is 0.330. The smallest absolute Gasteiger partial charge is 0.336 e. The minimum atomic E-state index is -0.330. The van der Waals surface area contributed by atoms with Crippen LogP contribution in [-0.2, 0) is 0 Å². The summed E-state index contributed by atoms with van der Waals surface area (Å²) in [6.07, 6.45) is 0. The van der Waals surface area contributed by atoms with Gasteiger partial charge in [-0.3, -0.25) is 0 Å². The number of hydrogen-bond acceptors (Lipinski definition) is 3. The summed E-state index contributed by atoms with van der Waals surface area (Å²) in [6, 6.07) is 6.92. The maximum absolute atomic E-state index is 11.1. The van der Waals surface area contributed by atoms with Crippen LogP contribution in [0.25, 0.3) is 11.0 Å². The first-order valence-corrected chi connectivity index (χ1v) is 4.29. The molecule has 3 heteroatoms. The van der Waals surface area contributed by atoms with Crippen molar-refractivity contribution in [3.63, 3.8) is 0 Å². The summed E-state index contributed by atoms with van der Waals surface area (Å²) in [5, 5.41) is 0.936. The van der Waals surface area contributed by atoms with E-state index in [9.17, 15) is 4.79 Å². The number of rotatable bonds is 1. The van der Waals surface area contributed by atoms with Crippen LogP contribution in [0.15, 0.2) is 33.5 Å². The van der Waals surface area contributed by atoms with Gasteiger partial charge in [0.05, 0.1) is 7.11 Å². The predicted molar refractivity (Wildman–Crippen MR) is 53.8 cm³/mol. The van der Waals surface area contributed by atoms with E-state index in [1.54, 1.807) is 13.2 Å². The standard InChI is InChI=1S/C11H10O3/c1-7-5-11(12)14-10-6-8(13-2)3-4-9(7)10/h3-6H,1-2H3/i1+1,7+1. The van der Waals surface area contributed by atoms with Crippen molar-refractivity contribution >= 4 is 11.0 Å². The molecule has 3 nitrogen and oxygen atoms in total. The van der Waals surface area contributed by atoms with E-state index in [-0.39, 0.29) is 5.63 Å². The zero-order chi connectivity index (χ0) is 10.1. The van der Waals surface area contributed by atoms with Gasteiger partial charge >= 0.3 is 5.63 Å². The second-order valence-corrected chi connectivity index (χ2v) is 3.11. The lowest BCUT2D eigenvalue weighted by atomic mass is 10.2. The number of ether oxygens (including phenoxy) is 1. The predicted octanol–water partition coefficient (Wildman–Crippen LogP) is 2.11. The lowest BCUT2D eigenvalue weighted by Gasteiger charge is -2.02. The van der Waals surface area contributed by atoms with E-state index in [2.05, 4.69) is 0 Å². The Kier molecular flexibility index (Phi) is 2.00. The molecular formula is C11H10O3. The van der Waals surface area contributed by atoms with Crippen molar-refractivity contribution in [2.24, 2.45) is 0 Å². The first-order chi connectivity index (χ1) is 6.70. The molecule has 0 fully saturated rings. The summed E-state index contributed by atoms with van der Waals surface area (Å²) in [4.78, 5) is 11.1. The molecule has 1 aromatic heterocycles. The highest BCUT2D eigenvalue weighted by molar-refractivity contribution is 5.81. The van der Waals surface area contributed by atoms with Crippen molar-refractivity contribution in [1.82, 2.24) is 0 Å². The molecule has 2 rings (SSSR count). The van der Waals surface area contributed by atoms with E-state index in [4.69, 9.17) is 9.15 Å². The Morgan fingerprint density at radius 3 is 2.79 bits per heavy atom. The Balaban J connectivity index is 2.82. The van der Waals surface area contributed by atoms with Crippen molar-refractivity contribution in [3.8, 4) is 5.75 Å². The average molecular weight is 192 g/mol. The van der Waals surface area contributed by atoms with E-state index in [1.807, 2.05) is 19.1 Å². The van der Waals surface area contributed by atoms with Gasteiger partial charge in [-0.1, -0.05) is 0 Å². The van der Waals surface area contributed by atoms with Crippen LogP contribution in [0, 0.1) is 6.92 Å². The van der Waals surface area contributed by atoms with Crippen LogP contribution >= 0.6 is 0 Å². The summed E-state index contributed by atoms with van der Waals surface area (Å²) in [5.41, 5.74) is 1.15. The topological polar surface area (TPSA) is 39.4 Å². The fraction of sp³-hybridized carbons (Fsp3) is 0.182. The summed E-state index contributed by atoms with van der Waals surface area (Å²) >= 11 is 0. The maximum Gasteiger partial charge on any atom is 0.336 e. The number of aryl methyl sites for hydroxylation is 1. The largest absolute Gasteiger partial charge is 0.497 e. The second kappa shape index (κ2) is 3.18. The highest BCUT2D eigenvalue weighted by Crippen LogP contribution is 2.21. The Morgan fingerprint density at radius 1 is 1.29 bits per heavy atom. The Labute approximate surface area is 80.9 Å². The lowest BCUT2D eigenvalue weighted by molar-refractivity contribution is 0.414.